The van der Waals surface area contributed by atoms with Crippen molar-refractivity contribution >= 4 is 5.91 Å². The highest BCUT2D eigenvalue weighted by Crippen LogP contribution is 2.36. The van der Waals surface area contributed by atoms with E-state index in [0.717, 1.165) is 12.8 Å². The standard InChI is InChI=1S/C18H24F2N2O4/c1-11(23)22-9-15(6-13(22)8-21)25-14-4-5-16(26-18(19)20)17(7-14)24-10-12-2-3-12/h4-5,7,12-13,15,18H,2-3,6,8-10,21H2,1H3/t13-,15+/m1/s1. The Morgan fingerprint density at radius 3 is 2.69 bits per heavy atom. The number of carbonyl (C=O) groups is 1. The molecule has 26 heavy (non-hydrogen) atoms. The van der Waals surface area contributed by atoms with Crippen molar-refractivity contribution in [3.05, 3.63) is 18.2 Å². The molecule has 0 bridgehead atoms. The van der Waals surface area contributed by atoms with Gasteiger partial charge in [-0.1, -0.05) is 0 Å². The third-order valence-electron chi connectivity index (χ3n) is 4.66. The minimum atomic E-state index is -2.92. The number of benzene rings is 1. The Morgan fingerprint density at radius 2 is 2.12 bits per heavy atom. The van der Waals surface area contributed by atoms with Gasteiger partial charge in [-0.3, -0.25) is 4.79 Å². The van der Waals surface area contributed by atoms with Crippen LogP contribution < -0.4 is 19.9 Å². The van der Waals surface area contributed by atoms with Gasteiger partial charge in [0.15, 0.2) is 11.5 Å². The molecule has 1 aliphatic heterocycles. The molecule has 3 rings (SSSR count). The van der Waals surface area contributed by atoms with Gasteiger partial charge in [0.1, 0.15) is 11.9 Å². The number of nitrogens with zero attached hydrogens (tertiary/aromatic N) is 1. The molecular weight excluding hydrogens is 346 g/mol. The largest absolute Gasteiger partial charge is 0.489 e. The zero-order valence-corrected chi connectivity index (χ0v) is 14.7. The Morgan fingerprint density at radius 1 is 1.35 bits per heavy atom. The van der Waals surface area contributed by atoms with E-state index in [1.165, 1.54) is 13.0 Å². The van der Waals surface area contributed by atoms with Crippen LogP contribution in [0.5, 0.6) is 17.2 Å². The van der Waals surface area contributed by atoms with Crippen LogP contribution in [0.25, 0.3) is 0 Å². The SMILES string of the molecule is CC(=O)N1C[C@@H](Oc2ccc(OC(F)F)c(OCC3CC3)c2)C[C@@H]1CN. The Kier molecular flexibility index (Phi) is 5.80. The molecular formula is C18H24F2N2O4. The molecule has 0 unspecified atom stereocenters. The van der Waals surface area contributed by atoms with Crippen molar-refractivity contribution in [2.45, 2.75) is 44.9 Å². The van der Waals surface area contributed by atoms with Gasteiger partial charge >= 0.3 is 6.61 Å². The van der Waals surface area contributed by atoms with Gasteiger partial charge in [0.2, 0.25) is 5.91 Å². The highest BCUT2D eigenvalue weighted by molar-refractivity contribution is 5.74. The van der Waals surface area contributed by atoms with Crippen LogP contribution in [0.1, 0.15) is 26.2 Å². The average Bonchev–Trinajstić information content (AvgIpc) is 3.33. The summed E-state index contributed by atoms with van der Waals surface area (Å²) in [6, 6.07) is 4.50. The maximum atomic E-state index is 12.6. The summed E-state index contributed by atoms with van der Waals surface area (Å²) < 4.78 is 41.3. The number of alkyl halides is 2. The van der Waals surface area contributed by atoms with Crippen LogP contribution in [-0.4, -0.2) is 49.3 Å². The molecule has 2 atom stereocenters. The molecule has 1 aromatic carbocycles. The van der Waals surface area contributed by atoms with Gasteiger partial charge in [-0.25, -0.2) is 0 Å². The fourth-order valence-electron chi connectivity index (χ4n) is 3.12. The molecule has 0 radical (unpaired) electrons. The number of carbonyl (C=O) groups excluding carboxylic acids is 1. The van der Waals surface area contributed by atoms with Crippen LogP contribution in [0.2, 0.25) is 0 Å². The van der Waals surface area contributed by atoms with Crippen molar-refractivity contribution in [3.63, 3.8) is 0 Å². The number of halogens is 2. The van der Waals surface area contributed by atoms with Crippen LogP contribution >= 0.6 is 0 Å². The Hall–Kier alpha value is -2.09. The molecule has 2 aliphatic rings. The third-order valence-corrected chi connectivity index (χ3v) is 4.66. The van der Waals surface area contributed by atoms with E-state index in [0.29, 0.717) is 37.8 Å². The first-order valence-corrected chi connectivity index (χ1v) is 8.82. The van der Waals surface area contributed by atoms with Crippen LogP contribution in [-0.2, 0) is 4.79 Å². The summed E-state index contributed by atoms with van der Waals surface area (Å²) in [6.07, 6.45) is 2.60. The van der Waals surface area contributed by atoms with Crippen molar-refractivity contribution < 1.29 is 27.8 Å². The van der Waals surface area contributed by atoms with Crippen molar-refractivity contribution in [3.8, 4) is 17.2 Å². The second kappa shape index (κ2) is 8.07. The lowest BCUT2D eigenvalue weighted by Crippen LogP contribution is -2.38. The van der Waals surface area contributed by atoms with E-state index in [9.17, 15) is 13.6 Å². The molecule has 0 spiro atoms. The first kappa shape index (κ1) is 18.7. The quantitative estimate of drug-likeness (QED) is 0.761. The van der Waals surface area contributed by atoms with E-state index in [-0.39, 0.29) is 29.6 Å². The summed E-state index contributed by atoms with van der Waals surface area (Å²) in [5, 5.41) is 0. The van der Waals surface area contributed by atoms with Gasteiger partial charge in [-0.05, 0) is 30.9 Å². The number of hydrogen-bond donors (Lipinski definition) is 1. The van der Waals surface area contributed by atoms with Crippen LogP contribution in [0.3, 0.4) is 0 Å². The van der Waals surface area contributed by atoms with Crippen molar-refractivity contribution in [2.75, 3.05) is 19.7 Å². The summed E-state index contributed by atoms with van der Waals surface area (Å²) in [5.41, 5.74) is 5.72. The molecule has 1 saturated heterocycles. The maximum Gasteiger partial charge on any atom is 0.387 e. The minimum absolute atomic E-state index is 0.00961. The van der Waals surface area contributed by atoms with E-state index in [4.69, 9.17) is 15.2 Å². The third kappa shape index (κ3) is 4.75. The molecule has 1 saturated carbocycles. The van der Waals surface area contributed by atoms with Crippen LogP contribution in [0.15, 0.2) is 18.2 Å². The predicted molar refractivity (Wildman–Crippen MR) is 90.6 cm³/mol. The molecule has 144 valence electrons. The lowest BCUT2D eigenvalue weighted by atomic mass is 10.2. The van der Waals surface area contributed by atoms with Gasteiger partial charge in [-0.15, -0.1) is 0 Å². The van der Waals surface area contributed by atoms with E-state index in [1.807, 2.05) is 0 Å². The molecule has 2 N–H and O–H groups in total. The number of ether oxygens (including phenoxy) is 3. The second-order valence-electron chi connectivity index (χ2n) is 6.78. The van der Waals surface area contributed by atoms with E-state index < -0.39 is 6.61 Å². The highest BCUT2D eigenvalue weighted by atomic mass is 19.3. The Labute approximate surface area is 151 Å². The molecule has 2 fully saturated rings. The lowest BCUT2D eigenvalue weighted by molar-refractivity contribution is -0.129. The summed E-state index contributed by atoms with van der Waals surface area (Å²) in [7, 11) is 0. The first-order valence-electron chi connectivity index (χ1n) is 8.82. The molecule has 6 nitrogen and oxygen atoms in total. The van der Waals surface area contributed by atoms with Gasteiger partial charge < -0.3 is 24.8 Å². The van der Waals surface area contributed by atoms with Crippen molar-refractivity contribution in [2.24, 2.45) is 11.7 Å². The molecule has 0 aromatic heterocycles. The number of likely N-dealkylation sites (tertiary alicyclic amines) is 1. The Bertz CT molecular complexity index is 640. The van der Waals surface area contributed by atoms with Gasteiger partial charge in [0, 0.05) is 32.0 Å². The number of rotatable bonds is 8. The summed E-state index contributed by atoms with van der Waals surface area (Å²) in [6.45, 7) is -0.124. The fourth-order valence-corrected chi connectivity index (χ4v) is 3.12. The van der Waals surface area contributed by atoms with Gasteiger partial charge in [0.05, 0.1) is 13.2 Å². The van der Waals surface area contributed by atoms with Crippen molar-refractivity contribution in [1.82, 2.24) is 4.90 Å². The monoisotopic (exact) mass is 370 g/mol. The lowest BCUT2D eigenvalue weighted by Gasteiger charge is -2.20. The summed E-state index contributed by atoms with van der Waals surface area (Å²) in [5.74, 6) is 1.16. The van der Waals surface area contributed by atoms with Gasteiger partial charge in [-0.2, -0.15) is 8.78 Å². The maximum absolute atomic E-state index is 12.6. The first-order chi connectivity index (χ1) is 12.5. The average molecular weight is 370 g/mol. The van der Waals surface area contributed by atoms with E-state index in [1.54, 1.807) is 17.0 Å². The normalized spacial score (nSPS) is 22.6. The summed E-state index contributed by atoms with van der Waals surface area (Å²) >= 11 is 0. The highest BCUT2D eigenvalue weighted by Gasteiger charge is 2.34. The number of hydrogen-bond acceptors (Lipinski definition) is 5. The fraction of sp³-hybridized carbons (Fsp3) is 0.611. The zero-order chi connectivity index (χ0) is 18.7. The predicted octanol–water partition coefficient (Wildman–Crippen LogP) is 2.40. The zero-order valence-electron chi connectivity index (χ0n) is 14.7. The number of nitrogens with two attached hydrogens (primary N) is 1. The summed E-state index contributed by atoms with van der Waals surface area (Å²) in [4.78, 5) is 13.4. The van der Waals surface area contributed by atoms with E-state index >= 15 is 0 Å². The Balaban J connectivity index is 1.68. The number of amides is 1. The molecule has 1 amide bonds. The topological polar surface area (TPSA) is 74.0 Å². The van der Waals surface area contributed by atoms with Crippen molar-refractivity contribution in [1.29, 1.82) is 0 Å². The van der Waals surface area contributed by atoms with Gasteiger partial charge in [0.25, 0.3) is 0 Å². The molecule has 1 aromatic rings. The van der Waals surface area contributed by atoms with Crippen LogP contribution in [0, 0.1) is 5.92 Å². The molecule has 1 aliphatic carbocycles. The second-order valence-corrected chi connectivity index (χ2v) is 6.78. The molecule has 8 heteroatoms. The smallest absolute Gasteiger partial charge is 0.387 e. The minimum Gasteiger partial charge on any atom is -0.489 e. The van der Waals surface area contributed by atoms with Crippen LogP contribution in [0.4, 0.5) is 8.78 Å². The van der Waals surface area contributed by atoms with E-state index in [2.05, 4.69) is 4.74 Å². The molecule has 1 heterocycles.